The molecule has 2 aromatic rings. The first-order valence-corrected chi connectivity index (χ1v) is 3.58. The largest absolute Gasteiger partial charge is 0.502 e. The lowest BCUT2D eigenvalue weighted by Gasteiger charge is -1.96. The summed E-state index contributed by atoms with van der Waals surface area (Å²) in [4.78, 5) is 11.2. The molecular weight excluding hydrogens is 175 g/mol. The molecule has 4 heteroatoms. The van der Waals surface area contributed by atoms with E-state index in [9.17, 15) is 9.18 Å². The van der Waals surface area contributed by atoms with Gasteiger partial charge in [-0.25, -0.2) is 4.39 Å². The highest BCUT2D eigenvalue weighted by Gasteiger charge is 2.05. The maximum absolute atomic E-state index is 12.7. The van der Waals surface area contributed by atoms with E-state index in [1.54, 1.807) is 0 Å². The quantitative estimate of drug-likeness (QED) is 0.670. The van der Waals surface area contributed by atoms with Crippen molar-refractivity contribution in [3.63, 3.8) is 0 Å². The zero-order valence-electron chi connectivity index (χ0n) is 6.45. The monoisotopic (exact) mass is 180 g/mol. The van der Waals surface area contributed by atoms with E-state index < -0.39 is 17.0 Å². The van der Waals surface area contributed by atoms with Crippen LogP contribution in [-0.4, -0.2) is 5.11 Å². The van der Waals surface area contributed by atoms with Crippen molar-refractivity contribution in [2.45, 2.75) is 0 Å². The average Bonchev–Trinajstić information content (AvgIpc) is 2.12. The Hall–Kier alpha value is -1.84. The van der Waals surface area contributed by atoms with Gasteiger partial charge in [0.1, 0.15) is 17.7 Å². The molecule has 2 rings (SSSR count). The molecule has 0 amide bonds. The summed E-state index contributed by atoms with van der Waals surface area (Å²) in [5.41, 5.74) is -0.370. The van der Waals surface area contributed by atoms with Crippen molar-refractivity contribution in [3.8, 4) is 5.75 Å². The third-order valence-corrected chi connectivity index (χ3v) is 1.72. The summed E-state index contributed by atoms with van der Waals surface area (Å²) < 4.78 is 17.5. The number of hydrogen-bond acceptors (Lipinski definition) is 3. The zero-order valence-corrected chi connectivity index (χ0v) is 6.45. The smallest absolute Gasteiger partial charge is 0.234 e. The molecular formula is C9H5FO3. The average molecular weight is 180 g/mol. The Labute approximate surface area is 72.0 Å². The number of halogens is 1. The van der Waals surface area contributed by atoms with Crippen LogP contribution in [0.4, 0.5) is 4.39 Å². The summed E-state index contributed by atoms with van der Waals surface area (Å²) in [7, 11) is 0. The van der Waals surface area contributed by atoms with Crippen LogP contribution in [0.5, 0.6) is 5.75 Å². The van der Waals surface area contributed by atoms with Crippen LogP contribution in [-0.2, 0) is 0 Å². The lowest BCUT2D eigenvalue weighted by molar-refractivity contribution is 0.442. The van der Waals surface area contributed by atoms with Gasteiger partial charge in [0.15, 0.2) is 5.75 Å². The van der Waals surface area contributed by atoms with Crippen LogP contribution < -0.4 is 5.43 Å². The van der Waals surface area contributed by atoms with Crippen LogP contribution in [0.1, 0.15) is 0 Å². The molecule has 0 saturated heterocycles. The lowest BCUT2D eigenvalue weighted by Crippen LogP contribution is -2.00. The van der Waals surface area contributed by atoms with E-state index >= 15 is 0 Å². The summed E-state index contributed by atoms with van der Waals surface area (Å²) in [5.74, 6) is -1.05. The maximum Gasteiger partial charge on any atom is 0.234 e. The first kappa shape index (κ1) is 7.79. The van der Waals surface area contributed by atoms with Gasteiger partial charge in [-0.2, -0.15) is 0 Å². The van der Waals surface area contributed by atoms with Crippen LogP contribution in [0.15, 0.2) is 33.7 Å². The SMILES string of the molecule is O=c1c(O)coc2ccc(F)cc12. The fourth-order valence-electron chi connectivity index (χ4n) is 1.09. The molecule has 1 aromatic heterocycles. The van der Waals surface area contributed by atoms with Crippen LogP contribution >= 0.6 is 0 Å². The minimum atomic E-state index is -0.624. The van der Waals surface area contributed by atoms with Crippen LogP contribution in [0.25, 0.3) is 11.0 Å². The minimum Gasteiger partial charge on any atom is -0.502 e. The molecule has 0 saturated carbocycles. The van der Waals surface area contributed by atoms with Crippen molar-refractivity contribution in [2.24, 2.45) is 0 Å². The Morgan fingerprint density at radius 2 is 2.15 bits per heavy atom. The van der Waals surface area contributed by atoms with Crippen molar-refractivity contribution < 1.29 is 13.9 Å². The van der Waals surface area contributed by atoms with Gasteiger partial charge in [-0.3, -0.25) is 4.79 Å². The van der Waals surface area contributed by atoms with E-state index in [1.807, 2.05) is 0 Å². The van der Waals surface area contributed by atoms with Gasteiger partial charge in [-0.15, -0.1) is 0 Å². The van der Waals surface area contributed by atoms with Crippen LogP contribution in [0.2, 0.25) is 0 Å². The molecule has 13 heavy (non-hydrogen) atoms. The number of fused-ring (bicyclic) bond motifs is 1. The van der Waals surface area contributed by atoms with Crippen molar-refractivity contribution in [1.29, 1.82) is 0 Å². The van der Waals surface area contributed by atoms with Crippen LogP contribution in [0, 0.1) is 5.82 Å². The van der Waals surface area contributed by atoms with E-state index in [0.717, 1.165) is 12.3 Å². The van der Waals surface area contributed by atoms with Gasteiger partial charge in [-0.1, -0.05) is 0 Å². The third kappa shape index (κ3) is 1.16. The number of hydrogen-bond donors (Lipinski definition) is 1. The molecule has 0 fully saturated rings. The lowest BCUT2D eigenvalue weighted by atomic mass is 10.2. The normalized spacial score (nSPS) is 10.5. The van der Waals surface area contributed by atoms with Crippen molar-refractivity contribution >= 4 is 11.0 Å². The van der Waals surface area contributed by atoms with Gasteiger partial charge in [0.05, 0.1) is 5.39 Å². The Morgan fingerprint density at radius 3 is 2.92 bits per heavy atom. The molecule has 0 bridgehead atoms. The zero-order chi connectivity index (χ0) is 9.42. The molecule has 3 nitrogen and oxygen atoms in total. The molecule has 0 spiro atoms. The Bertz CT molecular complexity index is 510. The van der Waals surface area contributed by atoms with E-state index in [0.29, 0.717) is 0 Å². The van der Waals surface area contributed by atoms with Gasteiger partial charge in [0, 0.05) is 0 Å². The van der Waals surface area contributed by atoms with Gasteiger partial charge >= 0.3 is 0 Å². The Morgan fingerprint density at radius 1 is 1.38 bits per heavy atom. The molecule has 0 aliphatic rings. The summed E-state index contributed by atoms with van der Waals surface area (Å²) in [6.07, 6.45) is 0.933. The molecule has 1 heterocycles. The van der Waals surface area contributed by atoms with Crippen molar-refractivity contribution in [3.05, 3.63) is 40.5 Å². The molecule has 1 N–H and O–H groups in total. The van der Waals surface area contributed by atoms with Crippen molar-refractivity contribution in [2.75, 3.05) is 0 Å². The summed E-state index contributed by atoms with van der Waals surface area (Å²) >= 11 is 0. The van der Waals surface area contributed by atoms with Crippen molar-refractivity contribution in [1.82, 2.24) is 0 Å². The molecule has 0 radical (unpaired) electrons. The topological polar surface area (TPSA) is 50.4 Å². The number of benzene rings is 1. The predicted octanol–water partition coefficient (Wildman–Crippen LogP) is 1.64. The maximum atomic E-state index is 12.7. The molecule has 1 aromatic carbocycles. The van der Waals surface area contributed by atoms with E-state index in [1.165, 1.54) is 12.1 Å². The Kier molecular flexibility index (Phi) is 1.55. The van der Waals surface area contributed by atoms with E-state index in [4.69, 9.17) is 9.52 Å². The molecule has 66 valence electrons. The van der Waals surface area contributed by atoms with Gasteiger partial charge in [0.2, 0.25) is 5.43 Å². The summed E-state index contributed by atoms with van der Waals surface area (Å²) in [5, 5.41) is 9.02. The highest BCUT2D eigenvalue weighted by atomic mass is 19.1. The van der Waals surface area contributed by atoms with Gasteiger partial charge < -0.3 is 9.52 Å². The van der Waals surface area contributed by atoms with Crippen LogP contribution in [0.3, 0.4) is 0 Å². The van der Waals surface area contributed by atoms with E-state index in [2.05, 4.69) is 0 Å². The molecule has 0 aliphatic heterocycles. The minimum absolute atomic E-state index is 0.0417. The summed E-state index contributed by atoms with van der Waals surface area (Å²) in [6, 6.07) is 3.55. The fraction of sp³-hybridized carbons (Fsp3) is 0. The molecule has 0 aliphatic carbocycles. The fourth-order valence-corrected chi connectivity index (χ4v) is 1.09. The highest BCUT2D eigenvalue weighted by molar-refractivity contribution is 5.77. The molecule has 0 atom stereocenters. The predicted molar refractivity (Wildman–Crippen MR) is 44.1 cm³/mol. The first-order valence-electron chi connectivity index (χ1n) is 3.58. The second-order valence-electron chi connectivity index (χ2n) is 2.59. The highest BCUT2D eigenvalue weighted by Crippen LogP contribution is 2.14. The molecule has 0 unspecified atom stereocenters. The summed E-state index contributed by atoms with van der Waals surface area (Å²) in [6.45, 7) is 0. The third-order valence-electron chi connectivity index (χ3n) is 1.72. The standard InChI is InChI=1S/C9H5FO3/c10-5-1-2-8-6(3-5)9(12)7(11)4-13-8/h1-4,11H. The first-order chi connectivity index (χ1) is 6.18. The number of rotatable bonds is 0. The Balaban J connectivity index is 2.97. The number of aromatic hydroxyl groups is 1. The second-order valence-corrected chi connectivity index (χ2v) is 2.59. The van der Waals surface area contributed by atoms with Gasteiger partial charge in [0.25, 0.3) is 0 Å². The van der Waals surface area contributed by atoms with E-state index in [-0.39, 0.29) is 11.0 Å². The van der Waals surface area contributed by atoms with Gasteiger partial charge in [-0.05, 0) is 18.2 Å². The second kappa shape index (κ2) is 2.58.